The van der Waals surface area contributed by atoms with E-state index in [9.17, 15) is 0 Å². The second kappa shape index (κ2) is 6.66. The van der Waals surface area contributed by atoms with E-state index in [0.29, 0.717) is 6.04 Å². The number of hydrogen-bond acceptors (Lipinski definition) is 3. The molecule has 0 spiro atoms. The van der Waals surface area contributed by atoms with Gasteiger partial charge in [-0.05, 0) is 19.3 Å². The van der Waals surface area contributed by atoms with Crippen molar-refractivity contribution in [3.8, 4) is 0 Å². The molecule has 1 rings (SSSR count). The van der Waals surface area contributed by atoms with E-state index in [1.165, 1.54) is 0 Å². The van der Waals surface area contributed by atoms with Crippen LogP contribution in [0.3, 0.4) is 0 Å². The fourth-order valence-electron chi connectivity index (χ4n) is 1.93. The van der Waals surface area contributed by atoms with Crippen LogP contribution in [0.1, 0.15) is 45.0 Å². The molecule has 2 N–H and O–H groups in total. The van der Waals surface area contributed by atoms with Crippen molar-refractivity contribution in [3.05, 3.63) is 18.2 Å². The Kier molecular flexibility index (Phi) is 5.49. The van der Waals surface area contributed by atoms with E-state index in [0.717, 1.165) is 25.1 Å². The summed E-state index contributed by atoms with van der Waals surface area (Å²) in [6.07, 6.45) is 6.63. The Hall–Kier alpha value is -0.870. The second-order valence-electron chi connectivity index (χ2n) is 4.14. The lowest BCUT2D eigenvalue weighted by Crippen LogP contribution is -2.34. The molecule has 0 bridgehead atoms. The van der Waals surface area contributed by atoms with E-state index in [1.54, 1.807) is 0 Å². The first-order valence-electron chi connectivity index (χ1n) is 6.07. The number of aliphatic hydroxyl groups excluding tert-OH is 1. The molecule has 0 fully saturated rings. The van der Waals surface area contributed by atoms with Crippen molar-refractivity contribution in [3.63, 3.8) is 0 Å². The molecule has 0 aliphatic rings. The lowest BCUT2D eigenvalue weighted by Gasteiger charge is -2.23. The molecule has 0 amide bonds. The lowest BCUT2D eigenvalue weighted by molar-refractivity contribution is 0.252. The zero-order chi connectivity index (χ0) is 12.0. The minimum atomic E-state index is 0.239. The van der Waals surface area contributed by atoms with Crippen LogP contribution in [0.2, 0.25) is 0 Å². The van der Waals surface area contributed by atoms with Gasteiger partial charge < -0.3 is 15.0 Å². The van der Waals surface area contributed by atoms with Crippen molar-refractivity contribution >= 4 is 0 Å². The van der Waals surface area contributed by atoms with E-state index in [2.05, 4.69) is 24.1 Å². The number of rotatable bonds is 7. The van der Waals surface area contributed by atoms with E-state index >= 15 is 0 Å². The smallest absolute Gasteiger partial charge is 0.125 e. The molecule has 0 saturated heterocycles. The normalized spacial score (nSPS) is 15.0. The van der Waals surface area contributed by atoms with Gasteiger partial charge in [-0.2, -0.15) is 0 Å². The number of nitrogens with zero attached hydrogens (tertiary/aromatic N) is 2. The quantitative estimate of drug-likeness (QED) is 0.741. The molecule has 1 aromatic heterocycles. The average molecular weight is 225 g/mol. The Bertz CT molecular complexity index is 298. The van der Waals surface area contributed by atoms with E-state index in [-0.39, 0.29) is 12.6 Å². The highest BCUT2D eigenvalue weighted by Gasteiger charge is 2.17. The van der Waals surface area contributed by atoms with Crippen LogP contribution in [-0.4, -0.2) is 27.3 Å². The first-order chi connectivity index (χ1) is 7.72. The first-order valence-corrected chi connectivity index (χ1v) is 6.07. The molecule has 16 heavy (non-hydrogen) atoms. The summed E-state index contributed by atoms with van der Waals surface area (Å²) in [5.41, 5.74) is 0. The van der Waals surface area contributed by atoms with Crippen LogP contribution in [0.4, 0.5) is 0 Å². The van der Waals surface area contributed by atoms with E-state index in [1.807, 2.05) is 24.0 Å². The van der Waals surface area contributed by atoms with Gasteiger partial charge in [0.1, 0.15) is 5.82 Å². The van der Waals surface area contributed by atoms with Crippen molar-refractivity contribution < 1.29 is 5.11 Å². The van der Waals surface area contributed by atoms with Gasteiger partial charge in [0.15, 0.2) is 0 Å². The molecule has 1 heterocycles. The van der Waals surface area contributed by atoms with Crippen molar-refractivity contribution in [1.82, 2.24) is 14.9 Å². The third-order valence-corrected chi connectivity index (χ3v) is 2.99. The summed E-state index contributed by atoms with van der Waals surface area (Å²) < 4.78 is 2.05. The molecule has 0 aromatic carbocycles. The van der Waals surface area contributed by atoms with Gasteiger partial charge in [0.25, 0.3) is 0 Å². The van der Waals surface area contributed by atoms with E-state index in [4.69, 9.17) is 5.11 Å². The first kappa shape index (κ1) is 13.2. The lowest BCUT2D eigenvalue weighted by atomic mass is 10.1. The van der Waals surface area contributed by atoms with Crippen LogP contribution in [0.5, 0.6) is 0 Å². The standard InChI is InChI=1S/C12H23N3O/c1-4-10(6-9-16)14-11(5-2)12-13-7-8-15(12)3/h7-8,10-11,14,16H,4-6,9H2,1-3H3. The maximum atomic E-state index is 8.98. The summed E-state index contributed by atoms with van der Waals surface area (Å²) in [6.45, 7) is 4.53. The summed E-state index contributed by atoms with van der Waals surface area (Å²) >= 11 is 0. The van der Waals surface area contributed by atoms with Crippen LogP contribution >= 0.6 is 0 Å². The van der Waals surface area contributed by atoms with Gasteiger partial charge in [0, 0.05) is 32.1 Å². The summed E-state index contributed by atoms with van der Waals surface area (Å²) in [5, 5.41) is 12.5. The van der Waals surface area contributed by atoms with Gasteiger partial charge in [0.2, 0.25) is 0 Å². The molecule has 0 saturated carbocycles. The number of hydrogen-bond donors (Lipinski definition) is 2. The SMILES string of the molecule is CCC(CCO)NC(CC)c1nccn1C. The Morgan fingerprint density at radius 2 is 2.19 bits per heavy atom. The molecule has 0 aliphatic carbocycles. The Balaban J connectivity index is 2.64. The maximum absolute atomic E-state index is 8.98. The summed E-state index contributed by atoms with van der Waals surface area (Å²) in [5.74, 6) is 1.07. The van der Waals surface area contributed by atoms with Crippen molar-refractivity contribution in [2.24, 2.45) is 7.05 Å². The van der Waals surface area contributed by atoms with Crippen LogP contribution in [-0.2, 0) is 7.05 Å². The highest BCUT2D eigenvalue weighted by Crippen LogP contribution is 2.16. The summed E-state index contributed by atoms with van der Waals surface area (Å²) in [7, 11) is 2.01. The van der Waals surface area contributed by atoms with Crippen molar-refractivity contribution in [2.45, 2.75) is 45.2 Å². The maximum Gasteiger partial charge on any atom is 0.125 e. The highest BCUT2D eigenvalue weighted by molar-refractivity contribution is 4.99. The predicted octanol–water partition coefficient (Wildman–Crippen LogP) is 1.62. The number of nitrogens with one attached hydrogen (secondary N) is 1. The van der Waals surface area contributed by atoms with Crippen LogP contribution in [0, 0.1) is 0 Å². The molecule has 4 nitrogen and oxygen atoms in total. The van der Waals surface area contributed by atoms with E-state index < -0.39 is 0 Å². The zero-order valence-electron chi connectivity index (χ0n) is 10.5. The molecular weight excluding hydrogens is 202 g/mol. The van der Waals surface area contributed by atoms with Gasteiger partial charge in [-0.1, -0.05) is 13.8 Å². The molecule has 92 valence electrons. The number of imidazole rings is 1. The third-order valence-electron chi connectivity index (χ3n) is 2.99. The average Bonchev–Trinajstić information content (AvgIpc) is 2.71. The van der Waals surface area contributed by atoms with Crippen LogP contribution in [0.15, 0.2) is 12.4 Å². The largest absolute Gasteiger partial charge is 0.396 e. The zero-order valence-corrected chi connectivity index (χ0v) is 10.5. The molecule has 0 aliphatic heterocycles. The van der Waals surface area contributed by atoms with Crippen LogP contribution in [0.25, 0.3) is 0 Å². The fraction of sp³-hybridized carbons (Fsp3) is 0.750. The third kappa shape index (κ3) is 3.32. The predicted molar refractivity (Wildman–Crippen MR) is 65.2 cm³/mol. The molecule has 2 atom stereocenters. The topological polar surface area (TPSA) is 50.1 Å². The van der Waals surface area contributed by atoms with Crippen molar-refractivity contribution in [2.75, 3.05) is 6.61 Å². The molecular formula is C12H23N3O. The van der Waals surface area contributed by atoms with Crippen molar-refractivity contribution in [1.29, 1.82) is 0 Å². The fourth-order valence-corrected chi connectivity index (χ4v) is 1.93. The Morgan fingerprint density at radius 1 is 1.44 bits per heavy atom. The Morgan fingerprint density at radius 3 is 2.62 bits per heavy atom. The number of aliphatic hydroxyl groups is 1. The van der Waals surface area contributed by atoms with Gasteiger partial charge in [-0.3, -0.25) is 0 Å². The van der Waals surface area contributed by atoms with Gasteiger partial charge in [-0.15, -0.1) is 0 Å². The summed E-state index contributed by atoms with van der Waals surface area (Å²) in [6, 6.07) is 0.642. The minimum Gasteiger partial charge on any atom is -0.396 e. The van der Waals surface area contributed by atoms with Gasteiger partial charge in [-0.25, -0.2) is 4.98 Å². The number of aromatic nitrogens is 2. The monoisotopic (exact) mass is 225 g/mol. The molecule has 2 unspecified atom stereocenters. The molecule has 0 radical (unpaired) electrons. The summed E-state index contributed by atoms with van der Waals surface area (Å²) in [4.78, 5) is 4.37. The highest BCUT2D eigenvalue weighted by atomic mass is 16.3. The minimum absolute atomic E-state index is 0.239. The molecule has 1 aromatic rings. The second-order valence-corrected chi connectivity index (χ2v) is 4.14. The number of aryl methyl sites for hydroxylation is 1. The van der Waals surface area contributed by atoms with Gasteiger partial charge in [0.05, 0.1) is 6.04 Å². The van der Waals surface area contributed by atoms with Gasteiger partial charge >= 0.3 is 0 Å². The Labute approximate surface area is 97.7 Å². The van der Waals surface area contributed by atoms with Crippen LogP contribution < -0.4 is 5.32 Å². The molecule has 4 heteroatoms.